The zero-order chi connectivity index (χ0) is 23.4. The molecule has 1 saturated heterocycles. The van der Waals surface area contributed by atoms with Gasteiger partial charge in [-0.15, -0.1) is 0 Å². The molecule has 0 unspecified atom stereocenters. The largest absolute Gasteiger partial charge is 0.486 e. The summed E-state index contributed by atoms with van der Waals surface area (Å²) in [4.78, 5) is 23.8. The minimum atomic E-state index is -0.570. The quantitative estimate of drug-likeness (QED) is 0.681. The molecule has 0 N–H and O–H groups in total. The van der Waals surface area contributed by atoms with Crippen LogP contribution in [-0.4, -0.2) is 73.6 Å². The van der Waals surface area contributed by atoms with Crippen LogP contribution in [0.5, 0.6) is 11.5 Å². The fourth-order valence-electron chi connectivity index (χ4n) is 4.18. The Labute approximate surface area is 196 Å². The van der Waals surface area contributed by atoms with Crippen molar-refractivity contribution in [1.29, 1.82) is 0 Å². The smallest absolute Gasteiger partial charge is 0.416 e. The molecular formula is C25H34N4O4. The van der Waals surface area contributed by atoms with Crippen LogP contribution in [-0.2, 0) is 4.74 Å². The van der Waals surface area contributed by atoms with E-state index in [0.717, 1.165) is 43.4 Å². The summed E-state index contributed by atoms with van der Waals surface area (Å²) in [5, 5.41) is 0. The molecular weight excluding hydrogens is 420 g/mol. The van der Waals surface area contributed by atoms with Crippen LogP contribution in [0.15, 0.2) is 42.6 Å². The first kappa shape index (κ1) is 23.2. The Hall–Kier alpha value is -3.00. The molecule has 178 valence electrons. The van der Waals surface area contributed by atoms with Crippen molar-refractivity contribution >= 4 is 17.6 Å². The second-order valence-corrected chi connectivity index (χ2v) is 9.45. The van der Waals surface area contributed by atoms with Gasteiger partial charge in [-0.05, 0) is 52.0 Å². The Kier molecular flexibility index (Phi) is 6.93. The van der Waals surface area contributed by atoms with E-state index in [1.54, 1.807) is 11.1 Å². The summed E-state index contributed by atoms with van der Waals surface area (Å²) < 4.78 is 17.3. The molecule has 1 amide bonds. The third-order valence-electron chi connectivity index (χ3n) is 5.81. The fourth-order valence-corrected chi connectivity index (χ4v) is 4.18. The standard InChI is InChI=1S/C25H34N4O4/c1-19(18-29(22-10-5-6-11-26-22)24(30)33-25(2,3)4)27-12-14-28(15-13-27)20-8-7-9-21-23(20)32-17-16-31-21/h5-11,19H,12-18H2,1-4H3/t19-/m1/s1. The number of carbonyl (C=O) groups excluding carboxylic acids is 1. The van der Waals surface area contributed by atoms with Gasteiger partial charge < -0.3 is 19.1 Å². The van der Waals surface area contributed by atoms with Crippen LogP contribution in [0.4, 0.5) is 16.3 Å². The van der Waals surface area contributed by atoms with E-state index in [0.29, 0.717) is 25.6 Å². The van der Waals surface area contributed by atoms with Crippen LogP contribution in [0.3, 0.4) is 0 Å². The summed E-state index contributed by atoms with van der Waals surface area (Å²) in [5.74, 6) is 2.26. The molecule has 1 aromatic heterocycles. The van der Waals surface area contributed by atoms with Crippen LogP contribution in [0.1, 0.15) is 27.7 Å². The maximum atomic E-state index is 13.0. The molecule has 0 bridgehead atoms. The molecule has 1 fully saturated rings. The first-order valence-corrected chi connectivity index (χ1v) is 11.6. The van der Waals surface area contributed by atoms with Gasteiger partial charge in [-0.25, -0.2) is 9.78 Å². The van der Waals surface area contributed by atoms with E-state index in [4.69, 9.17) is 14.2 Å². The lowest BCUT2D eigenvalue weighted by molar-refractivity contribution is 0.0566. The van der Waals surface area contributed by atoms with Crippen molar-refractivity contribution in [3.05, 3.63) is 42.6 Å². The van der Waals surface area contributed by atoms with E-state index in [9.17, 15) is 4.79 Å². The molecule has 0 aliphatic carbocycles. The Balaban J connectivity index is 1.41. The number of anilines is 2. The van der Waals surface area contributed by atoms with Gasteiger partial charge in [-0.2, -0.15) is 0 Å². The van der Waals surface area contributed by atoms with Gasteiger partial charge in [0.05, 0.1) is 5.69 Å². The van der Waals surface area contributed by atoms with Crippen molar-refractivity contribution < 1.29 is 19.0 Å². The molecule has 2 aliphatic rings. The number of ether oxygens (including phenoxy) is 3. The average molecular weight is 455 g/mol. The van der Waals surface area contributed by atoms with Crippen molar-refractivity contribution in [2.75, 3.05) is 55.7 Å². The van der Waals surface area contributed by atoms with Crippen molar-refractivity contribution in [2.24, 2.45) is 0 Å². The molecule has 4 rings (SSSR count). The Morgan fingerprint density at radius 1 is 1.09 bits per heavy atom. The molecule has 1 atom stereocenters. The highest BCUT2D eigenvalue weighted by molar-refractivity contribution is 5.86. The Bertz CT molecular complexity index is 939. The molecule has 3 heterocycles. The maximum Gasteiger partial charge on any atom is 0.416 e. The van der Waals surface area contributed by atoms with Gasteiger partial charge in [0.1, 0.15) is 24.6 Å². The molecule has 33 heavy (non-hydrogen) atoms. The predicted molar refractivity (Wildman–Crippen MR) is 128 cm³/mol. The summed E-state index contributed by atoms with van der Waals surface area (Å²) in [6.45, 7) is 13.0. The number of benzene rings is 1. The molecule has 0 radical (unpaired) electrons. The van der Waals surface area contributed by atoms with E-state index in [-0.39, 0.29) is 12.1 Å². The van der Waals surface area contributed by atoms with Gasteiger partial charge in [0.15, 0.2) is 11.5 Å². The van der Waals surface area contributed by atoms with Crippen LogP contribution < -0.4 is 19.3 Å². The van der Waals surface area contributed by atoms with Crippen molar-refractivity contribution in [3.8, 4) is 11.5 Å². The highest BCUT2D eigenvalue weighted by Crippen LogP contribution is 2.39. The first-order valence-electron chi connectivity index (χ1n) is 11.6. The third kappa shape index (κ3) is 5.68. The van der Waals surface area contributed by atoms with Gasteiger partial charge in [-0.3, -0.25) is 9.80 Å². The normalized spacial score (nSPS) is 17.4. The van der Waals surface area contributed by atoms with Gasteiger partial charge in [0.2, 0.25) is 0 Å². The van der Waals surface area contributed by atoms with E-state index in [1.165, 1.54) is 0 Å². The molecule has 0 spiro atoms. The topological polar surface area (TPSA) is 67.4 Å². The number of hydrogen-bond donors (Lipinski definition) is 0. The summed E-state index contributed by atoms with van der Waals surface area (Å²) in [6.07, 6.45) is 1.32. The Morgan fingerprint density at radius 2 is 1.85 bits per heavy atom. The number of nitrogens with zero attached hydrogens (tertiary/aromatic N) is 4. The molecule has 8 nitrogen and oxygen atoms in total. The molecule has 8 heteroatoms. The third-order valence-corrected chi connectivity index (χ3v) is 5.81. The minimum absolute atomic E-state index is 0.144. The highest BCUT2D eigenvalue weighted by Gasteiger charge is 2.30. The number of fused-ring (bicyclic) bond motifs is 1. The number of piperazine rings is 1. The maximum absolute atomic E-state index is 13.0. The van der Waals surface area contributed by atoms with Crippen LogP contribution in [0.25, 0.3) is 0 Å². The zero-order valence-electron chi connectivity index (χ0n) is 20.0. The number of hydrogen-bond acceptors (Lipinski definition) is 7. The van der Waals surface area contributed by atoms with E-state index >= 15 is 0 Å². The summed E-state index contributed by atoms with van der Waals surface area (Å²) in [5.41, 5.74) is 0.517. The van der Waals surface area contributed by atoms with E-state index < -0.39 is 5.60 Å². The predicted octanol–water partition coefficient (Wildman–Crippen LogP) is 3.81. The van der Waals surface area contributed by atoms with Gasteiger partial charge in [0.25, 0.3) is 0 Å². The number of pyridine rings is 1. The Morgan fingerprint density at radius 3 is 2.55 bits per heavy atom. The second-order valence-electron chi connectivity index (χ2n) is 9.45. The number of rotatable bonds is 5. The summed E-state index contributed by atoms with van der Waals surface area (Å²) in [7, 11) is 0. The number of carbonyl (C=O) groups is 1. The summed E-state index contributed by atoms with van der Waals surface area (Å²) in [6, 6.07) is 11.8. The molecule has 1 aromatic carbocycles. The highest BCUT2D eigenvalue weighted by atomic mass is 16.6. The molecule has 0 saturated carbocycles. The fraction of sp³-hybridized carbons (Fsp3) is 0.520. The van der Waals surface area contributed by atoms with Gasteiger partial charge >= 0.3 is 6.09 Å². The summed E-state index contributed by atoms with van der Waals surface area (Å²) >= 11 is 0. The first-order chi connectivity index (χ1) is 15.8. The lowest BCUT2D eigenvalue weighted by Crippen LogP contribution is -2.53. The SMILES string of the molecule is C[C@H](CN(C(=O)OC(C)(C)C)c1ccccn1)N1CCN(c2cccc3c2OCCO3)CC1. The number of amides is 1. The van der Waals surface area contributed by atoms with Gasteiger partial charge in [0, 0.05) is 45.0 Å². The minimum Gasteiger partial charge on any atom is -0.486 e. The monoisotopic (exact) mass is 454 g/mol. The van der Waals surface area contributed by atoms with Crippen molar-refractivity contribution in [2.45, 2.75) is 39.3 Å². The molecule has 2 aromatic rings. The average Bonchev–Trinajstić information content (AvgIpc) is 2.81. The number of aromatic nitrogens is 1. The lowest BCUT2D eigenvalue weighted by atomic mass is 10.1. The van der Waals surface area contributed by atoms with Crippen LogP contribution in [0, 0.1) is 0 Å². The zero-order valence-corrected chi connectivity index (χ0v) is 20.0. The van der Waals surface area contributed by atoms with Gasteiger partial charge in [-0.1, -0.05) is 12.1 Å². The lowest BCUT2D eigenvalue weighted by Gasteiger charge is -2.41. The van der Waals surface area contributed by atoms with Crippen LogP contribution in [0.2, 0.25) is 0 Å². The van der Waals surface area contributed by atoms with Crippen LogP contribution >= 0.6 is 0 Å². The molecule has 2 aliphatic heterocycles. The second kappa shape index (κ2) is 9.87. The van der Waals surface area contributed by atoms with Crippen molar-refractivity contribution in [1.82, 2.24) is 9.88 Å². The van der Waals surface area contributed by atoms with E-state index in [1.807, 2.05) is 51.1 Å². The number of para-hydroxylation sites is 1. The van der Waals surface area contributed by atoms with E-state index in [2.05, 4.69) is 27.8 Å². The van der Waals surface area contributed by atoms with Crippen molar-refractivity contribution in [3.63, 3.8) is 0 Å².